The van der Waals surface area contributed by atoms with E-state index in [0.29, 0.717) is 11.8 Å². The summed E-state index contributed by atoms with van der Waals surface area (Å²) < 4.78 is 5.44. The van der Waals surface area contributed by atoms with Gasteiger partial charge in [0, 0.05) is 18.1 Å². The Morgan fingerprint density at radius 2 is 1.92 bits per heavy atom. The van der Waals surface area contributed by atoms with E-state index in [-0.39, 0.29) is 34.5 Å². The number of phenolic OH excluding ortho intramolecular Hbond substituents is 2. The van der Waals surface area contributed by atoms with Crippen molar-refractivity contribution < 1.29 is 24.5 Å². The normalized spacial score (nSPS) is 29.0. The lowest BCUT2D eigenvalue weighted by Gasteiger charge is -2.17. The summed E-state index contributed by atoms with van der Waals surface area (Å²) in [6.45, 7) is 1.80. The van der Waals surface area contributed by atoms with Gasteiger partial charge >= 0.3 is 5.97 Å². The summed E-state index contributed by atoms with van der Waals surface area (Å²) in [7, 11) is 0. The topological polar surface area (TPSA) is 83.8 Å². The molecule has 3 rings (SSSR count). The van der Waals surface area contributed by atoms with Crippen LogP contribution in [0, 0.1) is 11.8 Å². The molecule has 132 valence electrons. The molecule has 25 heavy (non-hydrogen) atoms. The number of ether oxygens (including phenoxy) is 1. The fraction of sp³-hybridized carbons (Fsp3) is 0.368. The number of esters is 1. The standard InChI is InChI=1S/C19H19ClO5/c1-10-6-12-7-11(12)4-2-3-5-13(21)8-14-17(19(24)25-10)15(22)9-16(23)18(14)20/h2-5,9-12,22-23H,6-8H2,1H3/b4-2-,5-3+/t10-,11+,12+/m0/s1. The molecule has 0 bridgehead atoms. The second-order valence-electron chi connectivity index (χ2n) is 6.58. The van der Waals surface area contributed by atoms with E-state index in [0.717, 1.165) is 18.9 Å². The van der Waals surface area contributed by atoms with Crippen LogP contribution in [-0.4, -0.2) is 28.1 Å². The van der Waals surface area contributed by atoms with E-state index in [4.69, 9.17) is 16.3 Å². The van der Waals surface area contributed by atoms with Crippen LogP contribution in [0.3, 0.4) is 0 Å². The van der Waals surface area contributed by atoms with E-state index in [1.807, 2.05) is 12.2 Å². The first kappa shape index (κ1) is 17.5. The third-order valence-electron chi connectivity index (χ3n) is 4.55. The summed E-state index contributed by atoms with van der Waals surface area (Å²) in [4.78, 5) is 24.7. The molecule has 5 nitrogen and oxygen atoms in total. The number of rotatable bonds is 0. The van der Waals surface area contributed by atoms with Crippen molar-refractivity contribution >= 4 is 23.4 Å². The molecule has 2 aliphatic rings. The Hall–Kier alpha value is -2.27. The van der Waals surface area contributed by atoms with E-state index < -0.39 is 17.5 Å². The van der Waals surface area contributed by atoms with Gasteiger partial charge in [-0.15, -0.1) is 0 Å². The number of ketones is 1. The molecule has 0 unspecified atom stereocenters. The Kier molecular flexibility index (Phi) is 4.86. The van der Waals surface area contributed by atoms with Gasteiger partial charge in [0.1, 0.15) is 17.1 Å². The maximum Gasteiger partial charge on any atom is 0.342 e. The molecule has 0 amide bonds. The number of hydrogen-bond acceptors (Lipinski definition) is 5. The average molecular weight is 363 g/mol. The van der Waals surface area contributed by atoms with Crippen LogP contribution in [0.1, 0.15) is 35.7 Å². The van der Waals surface area contributed by atoms with Crippen LogP contribution in [0.15, 0.2) is 30.4 Å². The minimum absolute atomic E-state index is 0.0661. The molecular weight excluding hydrogens is 344 g/mol. The number of carbonyl (C=O) groups excluding carboxylic acids is 2. The number of benzene rings is 1. The van der Waals surface area contributed by atoms with Crippen molar-refractivity contribution in [3.8, 4) is 11.5 Å². The van der Waals surface area contributed by atoms with E-state index in [1.165, 1.54) is 6.08 Å². The highest BCUT2D eigenvalue weighted by molar-refractivity contribution is 6.33. The van der Waals surface area contributed by atoms with Crippen molar-refractivity contribution in [2.75, 3.05) is 0 Å². The third kappa shape index (κ3) is 3.87. The number of cyclic esters (lactones) is 1. The molecule has 0 radical (unpaired) electrons. The highest BCUT2D eigenvalue weighted by atomic mass is 35.5. The molecule has 1 aromatic rings. The maximum absolute atomic E-state index is 12.5. The van der Waals surface area contributed by atoms with Crippen molar-refractivity contribution in [1.82, 2.24) is 0 Å². The number of allylic oxidation sites excluding steroid dienone is 4. The highest BCUT2D eigenvalue weighted by Gasteiger charge is 2.36. The quantitative estimate of drug-likeness (QED) is 0.689. The Bertz CT molecular complexity index is 781. The number of carbonyl (C=O) groups is 2. The van der Waals surface area contributed by atoms with Gasteiger partial charge in [-0.1, -0.05) is 29.8 Å². The Morgan fingerprint density at radius 1 is 1.16 bits per heavy atom. The van der Waals surface area contributed by atoms with Crippen molar-refractivity contribution in [3.05, 3.63) is 46.5 Å². The van der Waals surface area contributed by atoms with Crippen LogP contribution in [0.4, 0.5) is 0 Å². The molecule has 2 N–H and O–H groups in total. The van der Waals surface area contributed by atoms with Gasteiger partial charge < -0.3 is 14.9 Å². The van der Waals surface area contributed by atoms with Crippen LogP contribution >= 0.6 is 11.6 Å². The Balaban J connectivity index is 2.01. The molecule has 1 aliphatic carbocycles. The van der Waals surface area contributed by atoms with Gasteiger partial charge in [-0.05, 0) is 37.7 Å². The average Bonchev–Trinajstić information content (AvgIpc) is 3.25. The van der Waals surface area contributed by atoms with Gasteiger partial charge in [0.25, 0.3) is 0 Å². The predicted octanol–water partition coefficient (Wildman–Crippen LogP) is 3.56. The molecule has 1 aliphatic heterocycles. The molecule has 3 atom stereocenters. The van der Waals surface area contributed by atoms with E-state index in [2.05, 4.69) is 0 Å². The van der Waals surface area contributed by atoms with Crippen molar-refractivity contribution in [1.29, 1.82) is 0 Å². The van der Waals surface area contributed by atoms with Gasteiger partial charge in [0.2, 0.25) is 0 Å². The van der Waals surface area contributed by atoms with Crippen LogP contribution in [0.25, 0.3) is 0 Å². The van der Waals surface area contributed by atoms with Crippen molar-refractivity contribution in [2.45, 2.75) is 32.3 Å². The Morgan fingerprint density at radius 3 is 2.68 bits per heavy atom. The molecule has 0 spiro atoms. The number of phenols is 2. The zero-order valence-corrected chi connectivity index (χ0v) is 14.5. The monoisotopic (exact) mass is 362 g/mol. The number of aromatic hydroxyl groups is 2. The third-order valence-corrected chi connectivity index (χ3v) is 4.97. The molecule has 1 fully saturated rings. The highest BCUT2D eigenvalue weighted by Crippen LogP contribution is 2.44. The second-order valence-corrected chi connectivity index (χ2v) is 6.96. The summed E-state index contributed by atoms with van der Waals surface area (Å²) in [6, 6.07) is 0.982. The smallest absolute Gasteiger partial charge is 0.342 e. The first-order valence-corrected chi connectivity index (χ1v) is 8.56. The fourth-order valence-electron chi connectivity index (χ4n) is 3.17. The molecular formula is C19H19ClO5. The number of halogens is 1. The van der Waals surface area contributed by atoms with Crippen LogP contribution < -0.4 is 0 Å². The number of hydrogen-bond donors (Lipinski definition) is 2. The lowest BCUT2D eigenvalue weighted by Crippen LogP contribution is -2.18. The van der Waals surface area contributed by atoms with E-state index >= 15 is 0 Å². The molecule has 1 heterocycles. The summed E-state index contributed by atoms with van der Waals surface area (Å²) in [6.07, 6.45) is 8.13. The Labute approximate surface area is 150 Å². The molecule has 6 heteroatoms. The minimum atomic E-state index is -0.747. The molecule has 0 aromatic heterocycles. The summed E-state index contributed by atoms with van der Waals surface area (Å²) in [5.41, 5.74) is -0.104. The van der Waals surface area contributed by atoms with Crippen LogP contribution in [0.2, 0.25) is 5.02 Å². The minimum Gasteiger partial charge on any atom is -0.507 e. The van der Waals surface area contributed by atoms with Gasteiger partial charge in [0.15, 0.2) is 5.78 Å². The predicted molar refractivity (Wildman–Crippen MR) is 92.9 cm³/mol. The van der Waals surface area contributed by atoms with Crippen LogP contribution in [0.5, 0.6) is 11.5 Å². The lowest BCUT2D eigenvalue weighted by atomic mass is 10.00. The van der Waals surface area contributed by atoms with Crippen molar-refractivity contribution in [2.24, 2.45) is 11.8 Å². The van der Waals surface area contributed by atoms with E-state index in [1.54, 1.807) is 13.0 Å². The first-order valence-electron chi connectivity index (χ1n) is 8.18. The van der Waals surface area contributed by atoms with Crippen molar-refractivity contribution in [3.63, 3.8) is 0 Å². The molecule has 1 saturated carbocycles. The lowest BCUT2D eigenvalue weighted by molar-refractivity contribution is -0.114. The SMILES string of the molecule is C[C@H]1C[C@@H]2C[C@H]2/C=C\C=C\C(=O)Cc2c(Cl)c(O)cc(O)c2C(=O)O1. The van der Waals surface area contributed by atoms with Crippen LogP contribution in [-0.2, 0) is 16.0 Å². The zero-order valence-electron chi connectivity index (χ0n) is 13.7. The molecule has 1 aromatic carbocycles. The summed E-state index contributed by atoms with van der Waals surface area (Å²) in [5, 5.41) is 19.8. The fourth-order valence-corrected chi connectivity index (χ4v) is 3.39. The van der Waals surface area contributed by atoms with Gasteiger partial charge in [0.05, 0.1) is 11.1 Å². The summed E-state index contributed by atoms with van der Waals surface area (Å²) in [5.74, 6) is -1.01. The first-order chi connectivity index (χ1) is 11.9. The summed E-state index contributed by atoms with van der Waals surface area (Å²) >= 11 is 6.07. The van der Waals surface area contributed by atoms with Gasteiger partial charge in [-0.25, -0.2) is 4.79 Å². The van der Waals surface area contributed by atoms with Gasteiger partial charge in [-0.2, -0.15) is 0 Å². The molecule has 0 saturated heterocycles. The largest absolute Gasteiger partial charge is 0.507 e. The van der Waals surface area contributed by atoms with E-state index in [9.17, 15) is 19.8 Å². The second kappa shape index (κ2) is 6.92. The number of fused-ring (bicyclic) bond motifs is 2. The van der Waals surface area contributed by atoms with Gasteiger partial charge in [-0.3, -0.25) is 4.79 Å². The maximum atomic E-state index is 12.5. The zero-order chi connectivity index (χ0) is 18.1.